The highest BCUT2D eigenvalue weighted by Gasteiger charge is 2.43. The Morgan fingerprint density at radius 2 is 1.49 bits per heavy atom. The van der Waals surface area contributed by atoms with E-state index in [-0.39, 0.29) is 12.5 Å². The molecule has 2 amide bonds. The zero-order valence-corrected chi connectivity index (χ0v) is 18.0. The zero-order chi connectivity index (χ0) is 25.8. The Morgan fingerprint density at radius 3 is 1.97 bits per heavy atom. The molecule has 12 heteroatoms. The van der Waals surface area contributed by atoms with Gasteiger partial charge in [-0.05, 0) is 22.3 Å². The number of carbonyl (C=O) groups is 3. The van der Waals surface area contributed by atoms with Crippen molar-refractivity contribution in [1.82, 2.24) is 10.6 Å². The second-order valence-electron chi connectivity index (χ2n) is 7.85. The van der Waals surface area contributed by atoms with Crippen LogP contribution in [-0.4, -0.2) is 54.4 Å². The van der Waals surface area contributed by atoms with Crippen LogP contribution < -0.4 is 10.6 Å². The summed E-state index contributed by atoms with van der Waals surface area (Å²) >= 11 is 0. The monoisotopic (exact) mass is 500 g/mol. The molecule has 0 aromatic heterocycles. The molecule has 2 aromatic carbocycles. The van der Waals surface area contributed by atoms with E-state index in [9.17, 15) is 36.3 Å². The van der Waals surface area contributed by atoms with Crippen molar-refractivity contribution in [2.75, 3.05) is 6.61 Å². The third-order valence-corrected chi connectivity index (χ3v) is 5.46. The highest BCUT2D eigenvalue weighted by Crippen LogP contribution is 2.44. The number of hydrogen-bond acceptors (Lipinski definition) is 4. The number of amides is 2. The van der Waals surface area contributed by atoms with Crippen LogP contribution in [0.1, 0.15) is 29.9 Å². The summed E-state index contributed by atoms with van der Waals surface area (Å²) < 4.78 is 70.1. The van der Waals surface area contributed by atoms with Crippen LogP contribution >= 0.6 is 0 Å². The maximum atomic E-state index is 13.0. The first-order valence-corrected chi connectivity index (χ1v) is 10.5. The fraction of sp³-hybridized carbons (Fsp3) is 0.348. The molecule has 0 radical (unpaired) electrons. The summed E-state index contributed by atoms with van der Waals surface area (Å²) in [4.78, 5) is 35.2. The number of carbonyl (C=O) groups excluding carboxylic acids is 2. The van der Waals surface area contributed by atoms with Crippen LogP contribution in [0.3, 0.4) is 0 Å². The number of nitrogens with one attached hydrogen (secondary N) is 2. The summed E-state index contributed by atoms with van der Waals surface area (Å²) in [6.07, 6.45) is -12.4. The summed E-state index contributed by atoms with van der Waals surface area (Å²) in [6, 6.07) is 9.86. The van der Waals surface area contributed by atoms with Crippen molar-refractivity contribution >= 4 is 18.0 Å². The molecular weight excluding hydrogens is 479 g/mol. The number of alkyl halides is 5. The number of benzene rings is 2. The van der Waals surface area contributed by atoms with Gasteiger partial charge in [0.2, 0.25) is 12.3 Å². The standard InChI is InChI=1S/C23H21F5N2O5/c24-19(25)9-17(21(33)30-18(10-20(31)32)23(26,27)28)29-22(34)35-11-16-14-7-3-1-5-12(14)13-6-2-4-8-15(13)16/h1-8,16-19H,9-11H2,(H,29,34)(H,30,33)(H,31,32). The lowest BCUT2D eigenvalue weighted by atomic mass is 9.98. The van der Waals surface area contributed by atoms with Gasteiger partial charge < -0.3 is 20.5 Å². The summed E-state index contributed by atoms with van der Waals surface area (Å²) in [5, 5.41) is 11.9. The summed E-state index contributed by atoms with van der Waals surface area (Å²) in [6.45, 7) is -0.215. The summed E-state index contributed by atoms with van der Waals surface area (Å²) in [5.41, 5.74) is 3.60. The lowest BCUT2D eigenvalue weighted by molar-refractivity contribution is -0.170. The van der Waals surface area contributed by atoms with Crippen LogP contribution in [-0.2, 0) is 14.3 Å². The molecule has 188 valence electrons. The number of fused-ring (bicyclic) bond motifs is 3. The molecule has 0 saturated carbocycles. The minimum atomic E-state index is -5.15. The fourth-order valence-electron chi connectivity index (χ4n) is 3.89. The van der Waals surface area contributed by atoms with Gasteiger partial charge in [0.25, 0.3) is 0 Å². The van der Waals surface area contributed by atoms with Crippen molar-refractivity contribution in [2.45, 2.75) is 43.4 Å². The Hall–Kier alpha value is -3.70. The fourth-order valence-corrected chi connectivity index (χ4v) is 3.89. The van der Waals surface area contributed by atoms with E-state index >= 15 is 0 Å². The SMILES string of the molecule is O=C(O)CC(NC(=O)C(CC(F)F)NC(=O)OCC1c2ccccc2-c2ccccc21)C(F)(F)F. The van der Waals surface area contributed by atoms with Gasteiger partial charge in [-0.1, -0.05) is 48.5 Å². The Labute approximate surface area is 196 Å². The number of hydrogen-bond donors (Lipinski definition) is 3. The molecule has 3 N–H and O–H groups in total. The van der Waals surface area contributed by atoms with Crippen LogP contribution in [0.2, 0.25) is 0 Å². The van der Waals surface area contributed by atoms with Crippen LogP contribution in [0, 0.1) is 0 Å². The van der Waals surface area contributed by atoms with Crippen LogP contribution in [0.5, 0.6) is 0 Å². The molecule has 0 heterocycles. The molecule has 1 aliphatic carbocycles. The molecule has 0 fully saturated rings. The van der Waals surface area contributed by atoms with Crippen LogP contribution in [0.25, 0.3) is 11.1 Å². The predicted molar refractivity (Wildman–Crippen MR) is 113 cm³/mol. The number of carboxylic acids is 1. The molecule has 3 rings (SSSR count). The molecule has 0 spiro atoms. The first kappa shape index (κ1) is 25.9. The molecule has 35 heavy (non-hydrogen) atoms. The normalized spacial score (nSPS) is 14.6. The molecule has 0 saturated heterocycles. The third kappa shape index (κ3) is 6.46. The van der Waals surface area contributed by atoms with Crippen molar-refractivity contribution in [3.05, 3.63) is 59.7 Å². The summed E-state index contributed by atoms with van der Waals surface area (Å²) in [7, 11) is 0. The Morgan fingerprint density at radius 1 is 0.943 bits per heavy atom. The molecular formula is C23H21F5N2O5. The summed E-state index contributed by atoms with van der Waals surface area (Å²) in [5.74, 6) is -3.84. The lowest BCUT2D eigenvalue weighted by Crippen LogP contribution is -2.54. The van der Waals surface area contributed by atoms with Gasteiger partial charge in [0.1, 0.15) is 18.7 Å². The van der Waals surface area contributed by atoms with Gasteiger partial charge in [-0.2, -0.15) is 13.2 Å². The number of rotatable bonds is 9. The number of halogens is 5. The average Bonchev–Trinajstić information content (AvgIpc) is 3.09. The second-order valence-corrected chi connectivity index (χ2v) is 7.85. The van der Waals surface area contributed by atoms with Crippen LogP contribution in [0.15, 0.2) is 48.5 Å². The maximum Gasteiger partial charge on any atom is 0.409 e. The topological polar surface area (TPSA) is 105 Å². The highest BCUT2D eigenvalue weighted by molar-refractivity contribution is 5.86. The first-order chi connectivity index (χ1) is 16.5. The van der Waals surface area contributed by atoms with E-state index in [2.05, 4.69) is 0 Å². The number of carboxylic acid groups (broad SMARTS) is 1. The lowest BCUT2D eigenvalue weighted by Gasteiger charge is -2.24. The average molecular weight is 500 g/mol. The van der Waals surface area contributed by atoms with Gasteiger partial charge in [0.05, 0.1) is 6.42 Å². The van der Waals surface area contributed by atoms with Crippen molar-refractivity contribution in [2.24, 2.45) is 0 Å². The van der Waals surface area contributed by atoms with E-state index in [0.29, 0.717) is 0 Å². The number of ether oxygens (including phenoxy) is 1. The van der Waals surface area contributed by atoms with Gasteiger partial charge in [0.15, 0.2) is 0 Å². The van der Waals surface area contributed by atoms with Crippen molar-refractivity contribution in [3.63, 3.8) is 0 Å². The number of aliphatic carboxylic acids is 1. The van der Waals surface area contributed by atoms with E-state index in [1.54, 1.807) is 12.1 Å². The molecule has 7 nitrogen and oxygen atoms in total. The predicted octanol–water partition coefficient (Wildman–Crippen LogP) is 4.07. The molecule has 1 aliphatic rings. The van der Waals surface area contributed by atoms with E-state index in [1.165, 1.54) is 5.32 Å². The van der Waals surface area contributed by atoms with Gasteiger partial charge in [-0.25, -0.2) is 13.6 Å². The van der Waals surface area contributed by atoms with Crippen molar-refractivity contribution in [3.8, 4) is 11.1 Å². The van der Waals surface area contributed by atoms with E-state index in [4.69, 9.17) is 9.84 Å². The molecule has 2 unspecified atom stereocenters. The Balaban J connectivity index is 1.68. The molecule has 2 aromatic rings. The van der Waals surface area contributed by atoms with Gasteiger partial charge in [-0.15, -0.1) is 0 Å². The Bertz CT molecular complexity index is 1050. The smallest absolute Gasteiger partial charge is 0.409 e. The maximum absolute atomic E-state index is 13.0. The first-order valence-electron chi connectivity index (χ1n) is 10.5. The van der Waals surface area contributed by atoms with Gasteiger partial charge >= 0.3 is 18.2 Å². The third-order valence-electron chi connectivity index (χ3n) is 5.46. The van der Waals surface area contributed by atoms with Gasteiger partial charge in [-0.3, -0.25) is 9.59 Å². The van der Waals surface area contributed by atoms with Crippen molar-refractivity contribution in [1.29, 1.82) is 0 Å². The van der Waals surface area contributed by atoms with E-state index in [0.717, 1.165) is 22.3 Å². The zero-order valence-electron chi connectivity index (χ0n) is 18.0. The molecule has 0 aliphatic heterocycles. The minimum Gasteiger partial charge on any atom is -0.481 e. The molecule has 2 atom stereocenters. The van der Waals surface area contributed by atoms with E-state index < -0.39 is 55.5 Å². The van der Waals surface area contributed by atoms with E-state index in [1.807, 2.05) is 41.7 Å². The van der Waals surface area contributed by atoms with Crippen LogP contribution in [0.4, 0.5) is 26.7 Å². The highest BCUT2D eigenvalue weighted by atomic mass is 19.4. The quantitative estimate of drug-likeness (QED) is 0.451. The number of alkyl carbamates (subject to hydrolysis) is 1. The minimum absolute atomic E-state index is 0.215. The van der Waals surface area contributed by atoms with Crippen molar-refractivity contribution < 1.29 is 46.2 Å². The Kier molecular flexibility index (Phi) is 7.92. The molecule has 0 bridgehead atoms. The largest absolute Gasteiger partial charge is 0.481 e. The van der Waals surface area contributed by atoms with Gasteiger partial charge in [0, 0.05) is 12.3 Å². The second kappa shape index (κ2) is 10.7.